The summed E-state index contributed by atoms with van der Waals surface area (Å²) in [6.07, 6.45) is 6.53. The molecule has 3 heterocycles. The van der Waals surface area contributed by atoms with Gasteiger partial charge in [-0.25, -0.2) is 24.1 Å². The van der Waals surface area contributed by atoms with Gasteiger partial charge in [0.05, 0.1) is 12.1 Å². The highest BCUT2D eigenvalue weighted by molar-refractivity contribution is 5.76. The number of hydrogen-bond acceptors (Lipinski definition) is 7. The number of nitrogens with zero attached hydrogens (tertiary/aromatic N) is 4. The number of pyridine rings is 1. The zero-order chi connectivity index (χ0) is 22.7. The van der Waals surface area contributed by atoms with Gasteiger partial charge in [-0.1, -0.05) is 13.8 Å². The molecule has 8 nitrogen and oxygen atoms in total. The van der Waals surface area contributed by atoms with Gasteiger partial charge in [0.2, 0.25) is 0 Å². The molecule has 0 unspecified atom stereocenters. The first kappa shape index (κ1) is 21.5. The van der Waals surface area contributed by atoms with Crippen molar-refractivity contribution in [3.05, 3.63) is 65.9 Å². The van der Waals surface area contributed by atoms with Crippen molar-refractivity contribution < 1.29 is 18.7 Å². The summed E-state index contributed by atoms with van der Waals surface area (Å²) in [6, 6.07) is 8.74. The second-order valence-corrected chi connectivity index (χ2v) is 7.30. The molecule has 1 aliphatic heterocycles. The fourth-order valence-corrected chi connectivity index (χ4v) is 4.01. The minimum atomic E-state index is -0.614. The van der Waals surface area contributed by atoms with Crippen molar-refractivity contribution in [2.75, 3.05) is 5.73 Å². The maximum atomic E-state index is 14.4. The van der Waals surface area contributed by atoms with Crippen molar-refractivity contribution in [3.8, 4) is 17.5 Å². The lowest BCUT2D eigenvalue weighted by atomic mass is 9.69. The molecule has 5 rings (SSSR count). The number of ether oxygens (including phenoxy) is 2. The van der Waals surface area contributed by atoms with Crippen molar-refractivity contribution in [3.63, 3.8) is 0 Å². The lowest BCUT2D eigenvalue weighted by Crippen LogP contribution is -2.57. The molecule has 2 aromatic heterocycles. The molecule has 1 aromatic carbocycles. The Balaban J connectivity index is 0.00000119. The van der Waals surface area contributed by atoms with Crippen molar-refractivity contribution in [2.45, 2.75) is 45.2 Å². The number of nitrogen functional groups attached to an aromatic ring is 1. The fourth-order valence-electron chi connectivity index (χ4n) is 4.01. The summed E-state index contributed by atoms with van der Waals surface area (Å²) >= 11 is 0. The molecule has 3 aromatic rings. The number of carbonyl (C=O) groups excluding carboxylic acids is 1. The summed E-state index contributed by atoms with van der Waals surface area (Å²) in [4.78, 5) is 26.3. The zero-order valence-electron chi connectivity index (χ0n) is 17.9. The summed E-state index contributed by atoms with van der Waals surface area (Å²) in [7, 11) is 0. The lowest BCUT2D eigenvalue weighted by Gasteiger charge is -2.52. The highest BCUT2D eigenvalue weighted by Gasteiger charge is 2.51. The van der Waals surface area contributed by atoms with Gasteiger partial charge in [-0.3, -0.25) is 4.90 Å². The molecule has 166 valence electrons. The van der Waals surface area contributed by atoms with Gasteiger partial charge in [-0.15, -0.1) is 0 Å². The highest BCUT2D eigenvalue weighted by Crippen LogP contribution is 2.53. The smallest absolute Gasteiger partial charge is 0.416 e. The van der Waals surface area contributed by atoms with Crippen LogP contribution in [-0.2, 0) is 12.1 Å². The summed E-state index contributed by atoms with van der Waals surface area (Å²) in [5.74, 6) is 0.0887. The number of hydrogen-bond donors (Lipinski definition) is 1. The number of benzene rings is 1. The van der Waals surface area contributed by atoms with Crippen LogP contribution >= 0.6 is 0 Å². The van der Waals surface area contributed by atoms with Crippen LogP contribution < -0.4 is 15.2 Å². The molecule has 32 heavy (non-hydrogen) atoms. The Morgan fingerprint density at radius 1 is 1.16 bits per heavy atom. The Morgan fingerprint density at radius 2 is 1.91 bits per heavy atom. The minimum Gasteiger partial charge on any atom is -0.424 e. The SMILES string of the molecule is CC.Nc1nccc(CN2C(=O)Oc3cc(Oc4ncccn4)ccc3C23CCC3)c1F. The third kappa shape index (κ3) is 3.70. The van der Waals surface area contributed by atoms with Crippen LogP contribution in [0.4, 0.5) is 15.0 Å². The first-order valence-electron chi connectivity index (χ1n) is 10.5. The first-order valence-corrected chi connectivity index (χ1v) is 10.5. The Kier molecular flexibility index (Phi) is 5.89. The molecule has 0 bridgehead atoms. The van der Waals surface area contributed by atoms with Crippen molar-refractivity contribution in [2.24, 2.45) is 0 Å². The Bertz CT molecular complexity index is 1120. The summed E-state index contributed by atoms with van der Waals surface area (Å²) in [5.41, 5.74) is 6.21. The van der Waals surface area contributed by atoms with Crippen LogP contribution in [0.1, 0.15) is 44.2 Å². The quantitative estimate of drug-likeness (QED) is 0.625. The third-order valence-corrected chi connectivity index (χ3v) is 5.65. The molecular weight excluding hydrogens is 413 g/mol. The van der Waals surface area contributed by atoms with Gasteiger partial charge >= 0.3 is 12.1 Å². The second-order valence-electron chi connectivity index (χ2n) is 7.30. The number of amides is 1. The third-order valence-electron chi connectivity index (χ3n) is 5.65. The predicted octanol–water partition coefficient (Wildman–Crippen LogP) is 4.81. The van der Waals surface area contributed by atoms with Gasteiger partial charge in [-0.05, 0) is 43.5 Å². The molecule has 0 radical (unpaired) electrons. The van der Waals surface area contributed by atoms with E-state index in [1.54, 1.807) is 35.5 Å². The van der Waals surface area contributed by atoms with Crippen LogP contribution in [0, 0.1) is 5.82 Å². The number of aromatic nitrogens is 3. The number of fused-ring (bicyclic) bond motifs is 2. The van der Waals surface area contributed by atoms with E-state index in [4.69, 9.17) is 15.2 Å². The Hall–Kier alpha value is -3.75. The summed E-state index contributed by atoms with van der Waals surface area (Å²) < 4.78 is 25.7. The monoisotopic (exact) mass is 437 g/mol. The molecule has 2 N–H and O–H groups in total. The normalized spacial score (nSPS) is 15.7. The van der Waals surface area contributed by atoms with E-state index < -0.39 is 17.4 Å². The molecule has 9 heteroatoms. The van der Waals surface area contributed by atoms with Crippen LogP contribution in [0.3, 0.4) is 0 Å². The van der Waals surface area contributed by atoms with Gasteiger partial charge in [0.15, 0.2) is 11.6 Å². The molecule has 0 atom stereocenters. The molecular formula is C23H24FN5O3. The molecule has 1 spiro atoms. The second kappa shape index (κ2) is 8.78. The Labute approximate surface area is 185 Å². The summed E-state index contributed by atoms with van der Waals surface area (Å²) in [5, 5.41) is 0. The van der Waals surface area contributed by atoms with E-state index in [0.29, 0.717) is 17.1 Å². The average Bonchev–Trinajstić information content (AvgIpc) is 2.78. The molecule has 1 aliphatic carbocycles. The van der Waals surface area contributed by atoms with E-state index in [1.807, 2.05) is 19.9 Å². The standard InChI is InChI=1S/C21H18FN5O3.C2H6/c22-17-13(5-10-24-18(17)23)12-27-20(28)30-16-11-14(29-19-25-8-2-9-26-19)3-4-15(16)21(27)6-1-7-21;1-2/h2-5,8-11H,1,6-7,12H2,(H2,23,24);1-2H3. The molecule has 2 aliphatic rings. The van der Waals surface area contributed by atoms with E-state index >= 15 is 0 Å². The van der Waals surface area contributed by atoms with E-state index in [1.165, 1.54) is 12.3 Å². The van der Waals surface area contributed by atoms with Gasteiger partial charge in [0, 0.05) is 35.8 Å². The highest BCUT2D eigenvalue weighted by atomic mass is 19.1. The van der Waals surface area contributed by atoms with E-state index in [0.717, 1.165) is 24.8 Å². The van der Waals surface area contributed by atoms with E-state index in [9.17, 15) is 9.18 Å². The van der Waals surface area contributed by atoms with Crippen LogP contribution in [0.2, 0.25) is 0 Å². The summed E-state index contributed by atoms with van der Waals surface area (Å²) in [6.45, 7) is 4.05. The number of rotatable bonds is 4. The average molecular weight is 437 g/mol. The van der Waals surface area contributed by atoms with Crippen LogP contribution in [0.25, 0.3) is 0 Å². The maximum absolute atomic E-state index is 14.4. The van der Waals surface area contributed by atoms with Crippen molar-refractivity contribution in [1.29, 1.82) is 0 Å². The van der Waals surface area contributed by atoms with Crippen molar-refractivity contribution >= 4 is 11.9 Å². The number of anilines is 1. The number of halogens is 1. The Morgan fingerprint density at radius 3 is 2.59 bits per heavy atom. The minimum absolute atomic E-state index is 0.0485. The topological polar surface area (TPSA) is 103 Å². The van der Waals surface area contributed by atoms with Gasteiger partial charge in [-0.2, -0.15) is 0 Å². The van der Waals surface area contributed by atoms with Gasteiger partial charge in [0.1, 0.15) is 11.5 Å². The van der Waals surface area contributed by atoms with Crippen LogP contribution in [-0.4, -0.2) is 25.9 Å². The van der Waals surface area contributed by atoms with Gasteiger partial charge < -0.3 is 15.2 Å². The predicted molar refractivity (Wildman–Crippen MR) is 116 cm³/mol. The fraction of sp³-hybridized carbons (Fsp3) is 0.304. The number of nitrogens with two attached hydrogens (primary N) is 1. The molecule has 1 fully saturated rings. The van der Waals surface area contributed by atoms with Gasteiger partial charge in [0.25, 0.3) is 0 Å². The van der Waals surface area contributed by atoms with E-state index in [-0.39, 0.29) is 18.4 Å². The van der Waals surface area contributed by atoms with E-state index in [2.05, 4.69) is 15.0 Å². The number of carbonyl (C=O) groups is 1. The lowest BCUT2D eigenvalue weighted by molar-refractivity contribution is 0.00112. The largest absolute Gasteiger partial charge is 0.424 e. The van der Waals surface area contributed by atoms with Crippen LogP contribution in [0.15, 0.2) is 48.9 Å². The molecule has 1 amide bonds. The maximum Gasteiger partial charge on any atom is 0.416 e. The molecule has 1 saturated carbocycles. The van der Waals surface area contributed by atoms with Crippen molar-refractivity contribution in [1.82, 2.24) is 19.9 Å². The molecule has 0 saturated heterocycles. The zero-order valence-corrected chi connectivity index (χ0v) is 17.9. The van der Waals surface area contributed by atoms with Crippen LogP contribution in [0.5, 0.6) is 17.5 Å². The first-order chi connectivity index (χ1) is 15.6.